The van der Waals surface area contributed by atoms with Crippen LogP contribution in [-0.4, -0.2) is 18.5 Å². The normalized spacial score (nSPS) is 11.7. The fraction of sp³-hybridized carbons (Fsp3) is 0.105. The molecule has 9 heteroatoms. The van der Waals surface area contributed by atoms with E-state index in [2.05, 4.69) is 19.9 Å². The van der Waals surface area contributed by atoms with E-state index in [1.165, 1.54) is 30.3 Å². The molecule has 3 aromatic rings. The summed E-state index contributed by atoms with van der Waals surface area (Å²) >= 11 is 0. The molecule has 0 spiro atoms. The van der Waals surface area contributed by atoms with E-state index in [9.17, 15) is 17.9 Å². The lowest BCUT2D eigenvalue weighted by molar-refractivity contribution is 0.467. The van der Waals surface area contributed by atoms with Crippen LogP contribution < -0.4 is 4.72 Å². The standard InChI is InChI=1S/C19H17FN4O3S/c1-12-9-16(10-13(2)19(12)25)23-22-15-4-6-17(7-5-15)28(26,27)24-18-8-3-14(20)11-21-18/h3-11,25H,1-2H3,(H,21,24). The van der Waals surface area contributed by atoms with Crippen molar-refractivity contribution in [1.29, 1.82) is 0 Å². The zero-order chi connectivity index (χ0) is 20.3. The van der Waals surface area contributed by atoms with Crippen molar-refractivity contribution in [1.82, 2.24) is 4.98 Å². The second-order valence-electron chi connectivity index (χ2n) is 6.09. The number of benzene rings is 2. The van der Waals surface area contributed by atoms with Crippen LogP contribution in [0, 0.1) is 19.7 Å². The number of hydrogen-bond acceptors (Lipinski definition) is 6. The highest BCUT2D eigenvalue weighted by molar-refractivity contribution is 7.92. The number of anilines is 1. The molecule has 1 aromatic heterocycles. The fourth-order valence-electron chi connectivity index (χ4n) is 2.43. The van der Waals surface area contributed by atoms with Crippen molar-refractivity contribution in [2.45, 2.75) is 18.7 Å². The molecular weight excluding hydrogens is 383 g/mol. The molecule has 7 nitrogen and oxygen atoms in total. The monoisotopic (exact) mass is 400 g/mol. The van der Waals surface area contributed by atoms with Crippen molar-refractivity contribution in [2.24, 2.45) is 10.2 Å². The van der Waals surface area contributed by atoms with Crippen molar-refractivity contribution in [3.8, 4) is 5.75 Å². The smallest absolute Gasteiger partial charge is 0.263 e. The Bertz CT molecular complexity index is 1110. The molecule has 0 saturated carbocycles. The van der Waals surface area contributed by atoms with Gasteiger partial charge in [0, 0.05) is 0 Å². The summed E-state index contributed by atoms with van der Waals surface area (Å²) in [5.74, 6) is -0.323. The zero-order valence-corrected chi connectivity index (χ0v) is 15.9. The van der Waals surface area contributed by atoms with Gasteiger partial charge in [-0.25, -0.2) is 17.8 Å². The summed E-state index contributed by atoms with van der Waals surface area (Å²) in [6.07, 6.45) is 0.925. The van der Waals surface area contributed by atoms with Crippen LogP contribution in [-0.2, 0) is 10.0 Å². The number of phenols is 1. The van der Waals surface area contributed by atoms with E-state index in [-0.39, 0.29) is 16.5 Å². The Hall–Kier alpha value is -3.33. The van der Waals surface area contributed by atoms with Gasteiger partial charge in [0.25, 0.3) is 10.0 Å². The maximum absolute atomic E-state index is 12.9. The number of nitrogens with zero attached hydrogens (tertiary/aromatic N) is 3. The maximum Gasteiger partial charge on any atom is 0.263 e. The molecule has 1 heterocycles. The van der Waals surface area contributed by atoms with Crippen LogP contribution >= 0.6 is 0 Å². The maximum atomic E-state index is 12.9. The van der Waals surface area contributed by atoms with Gasteiger partial charge in [-0.1, -0.05) is 0 Å². The molecule has 0 radical (unpaired) electrons. The third-order valence-electron chi connectivity index (χ3n) is 3.87. The van der Waals surface area contributed by atoms with Gasteiger partial charge in [0.2, 0.25) is 0 Å². The molecule has 0 saturated heterocycles. The van der Waals surface area contributed by atoms with Gasteiger partial charge >= 0.3 is 0 Å². The lowest BCUT2D eigenvalue weighted by atomic mass is 10.1. The number of aromatic hydroxyl groups is 1. The van der Waals surface area contributed by atoms with Crippen LogP contribution in [0.2, 0.25) is 0 Å². The number of hydrogen-bond donors (Lipinski definition) is 2. The average molecular weight is 400 g/mol. The van der Waals surface area contributed by atoms with E-state index in [0.29, 0.717) is 22.5 Å². The van der Waals surface area contributed by atoms with Gasteiger partial charge in [-0.3, -0.25) is 4.72 Å². The summed E-state index contributed by atoms with van der Waals surface area (Å²) in [5, 5.41) is 18.0. The van der Waals surface area contributed by atoms with Crippen LogP contribution in [0.5, 0.6) is 5.75 Å². The topological polar surface area (TPSA) is 104 Å². The number of aromatic nitrogens is 1. The van der Waals surface area contributed by atoms with Crippen LogP contribution in [0.4, 0.5) is 21.6 Å². The van der Waals surface area contributed by atoms with Crippen LogP contribution in [0.3, 0.4) is 0 Å². The predicted molar refractivity (Wildman–Crippen MR) is 103 cm³/mol. The van der Waals surface area contributed by atoms with Gasteiger partial charge in [-0.15, -0.1) is 0 Å². The molecule has 0 aliphatic rings. The quantitative estimate of drug-likeness (QED) is 0.603. The molecule has 0 atom stereocenters. The third kappa shape index (κ3) is 4.49. The summed E-state index contributed by atoms with van der Waals surface area (Å²) in [4.78, 5) is 3.68. The predicted octanol–water partition coefficient (Wildman–Crippen LogP) is 4.76. The average Bonchev–Trinajstić information content (AvgIpc) is 2.66. The zero-order valence-electron chi connectivity index (χ0n) is 15.1. The minimum absolute atomic E-state index is 0.00824. The highest BCUT2D eigenvalue weighted by Crippen LogP contribution is 2.28. The Morgan fingerprint density at radius 1 is 0.964 bits per heavy atom. The summed E-state index contributed by atoms with van der Waals surface area (Å²) in [5.41, 5.74) is 2.42. The Morgan fingerprint density at radius 3 is 2.14 bits per heavy atom. The van der Waals surface area contributed by atoms with E-state index in [1.807, 2.05) is 0 Å². The third-order valence-corrected chi connectivity index (χ3v) is 5.24. The van der Waals surface area contributed by atoms with Gasteiger partial charge < -0.3 is 5.11 Å². The van der Waals surface area contributed by atoms with Crippen LogP contribution in [0.25, 0.3) is 0 Å². The van der Waals surface area contributed by atoms with Crippen molar-refractivity contribution in [2.75, 3.05) is 4.72 Å². The molecule has 3 rings (SSSR count). The highest BCUT2D eigenvalue weighted by Gasteiger charge is 2.14. The molecular formula is C19H17FN4O3S. The number of pyridine rings is 1. The number of halogens is 1. The van der Waals surface area contributed by atoms with Crippen molar-refractivity contribution in [3.05, 3.63) is 71.7 Å². The van der Waals surface area contributed by atoms with E-state index in [4.69, 9.17) is 0 Å². The largest absolute Gasteiger partial charge is 0.507 e. The molecule has 0 fully saturated rings. The first-order valence-electron chi connectivity index (χ1n) is 8.21. The van der Waals surface area contributed by atoms with Gasteiger partial charge in [-0.05, 0) is 73.5 Å². The molecule has 0 aliphatic carbocycles. The Balaban J connectivity index is 1.76. The molecule has 2 aromatic carbocycles. The van der Waals surface area contributed by atoms with Gasteiger partial charge in [0.1, 0.15) is 17.4 Å². The number of rotatable bonds is 5. The minimum Gasteiger partial charge on any atom is -0.507 e. The first-order chi connectivity index (χ1) is 13.2. The number of nitrogens with one attached hydrogen (secondary N) is 1. The van der Waals surface area contributed by atoms with Gasteiger partial charge in [-0.2, -0.15) is 10.2 Å². The second-order valence-corrected chi connectivity index (χ2v) is 7.77. The second kappa shape index (κ2) is 7.73. The van der Waals surface area contributed by atoms with Crippen LogP contribution in [0.1, 0.15) is 11.1 Å². The van der Waals surface area contributed by atoms with Gasteiger partial charge in [0.05, 0.1) is 22.5 Å². The lowest BCUT2D eigenvalue weighted by Gasteiger charge is -2.07. The van der Waals surface area contributed by atoms with E-state index >= 15 is 0 Å². The van der Waals surface area contributed by atoms with Gasteiger partial charge in [0.15, 0.2) is 0 Å². The van der Waals surface area contributed by atoms with E-state index in [1.54, 1.807) is 26.0 Å². The number of aryl methyl sites for hydroxylation is 2. The summed E-state index contributed by atoms with van der Waals surface area (Å²) in [7, 11) is -3.86. The Kier molecular flexibility index (Phi) is 5.36. The van der Waals surface area contributed by atoms with Crippen molar-refractivity contribution >= 4 is 27.2 Å². The summed E-state index contributed by atoms with van der Waals surface area (Å²) in [6.45, 7) is 3.54. The highest BCUT2D eigenvalue weighted by atomic mass is 32.2. The Morgan fingerprint density at radius 2 is 1.57 bits per heavy atom. The van der Waals surface area contributed by atoms with E-state index in [0.717, 1.165) is 12.3 Å². The van der Waals surface area contributed by atoms with E-state index < -0.39 is 15.8 Å². The molecule has 0 unspecified atom stereocenters. The molecule has 144 valence electrons. The Labute approximate surface area is 161 Å². The first-order valence-corrected chi connectivity index (χ1v) is 9.69. The SMILES string of the molecule is Cc1cc(N=Nc2ccc(S(=O)(=O)Nc3ccc(F)cn3)cc2)cc(C)c1O. The molecule has 28 heavy (non-hydrogen) atoms. The molecule has 0 amide bonds. The number of phenolic OH excluding ortho intramolecular Hbond substituents is 1. The lowest BCUT2D eigenvalue weighted by Crippen LogP contribution is -2.13. The number of azo groups is 1. The van der Waals surface area contributed by atoms with Crippen LogP contribution in [0.15, 0.2) is 69.9 Å². The molecule has 2 N–H and O–H groups in total. The summed E-state index contributed by atoms with van der Waals surface area (Å²) in [6, 6.07) is 11.5. The first kappa shape index (κ1) is 19.4. The van der Waals surface area contributed by atoms with Crippen molar-refractivity contribution < 1.29 is 17.9 Å². The summed E-state index contributed by atoms with van der Waals surface area (Å²) < 4.78 is 39.9. The minimum atomic E-state index is -3.86. The number of sulfonamides is 1. The fourth-order valence-corrected chi connectivity index (χ4v) is 3.44. The molecule has 0 aliphatic heterocycles. The molecule has 0 bridgehead atoms. The van der Waals surface area contributed by atoms with Crippen molar-refractivity contribution in [3.63, 3.8) is 0 Å².